The first-order valence-electron chi connectivity index (χ1n) is 8.86. The van der Waals surface area contributed by atoms with Gasteiger partial charge in [-0.25, -0.2) is 0 Å². The molecule has 0 radical (unpaired) electrons. The number of amides is 1. The van der Waals surface area contributed by atoms with Gasteiger partial charge in [0.2, 0.25) is 0 Å². The quantitative estimate of drug-likeness (QED) is 0.457. The molecule has 0 aliphatic rings. The summed E-state index contributed by atoms with van der Waals surface area (Å²) in [4.78, 5) is 13.1. The molecule has 4 aromatic rings. The fourth-order valence-electron chi connectivity index (χ4n) is 2.86. The molecule has 3 aromatic carbocycles. The van der Waals surface area contributed by atoms with E-state index in [1.165, 1.54) is 16.7 Å². The Labute approximate surface area is 167 Å². The summed E-state index contributed by atoms with van der Waals surface area (Å²) in [5.74, 6) is 1.43. The van der Waals surface area contributed by atoms with Gasteiger partial charge in [0, 0.05) is 11.3 Å². The number of ether oxygens (including phenoxy) is 2. The minimum Gasteiger partial charge on any atom is -0.497 e. The first kappa shape index (κ1) is 18.1. The van der Waals surface area contributed by atoms with E-state index in [2.05, 4.69) is 17.4 Å². The van der Waals surface area contributed by atoms with Crippen molar-refractivity contribution in [3.8, 4) is 11.5 Å². The Morgan fingerprint density at radius 2 is 1.68 bits per heavy atom. The van der Waals surface area contributed by atoms with Crippen LogP contribution in [0.1, 0.15) is 15.2 Å². The van der Waals surface area contributed by atoms with E-state index in [1.54, 1.807) is 7.11 Å². The van der Waals surface area contributed by atoms with Gasteiger partial charge in [0.25, 0.3) is 5.91 Å². The second kappa shape index (κ2) is 8.15. The predicted octanol–water partition coefficient (Wildman–Crippen LogP) is 5.74. The third-order valence-corrected chi connectivity index (χ3v) is 5.33. The van der Waals surface area contributed by atoms with Crippen LogP contribution in [0.4, 0.5) is 5.69 Å². The molecule has 140 valence electrons. The van der Waals surface area contributed by atoms with Crippen LogP contribution in [-0.2, 0) is 6.61 Å². The first-order chi connectivity index (χ1) is 13.7. The number of carbonyl (C=O) groups excluding carboxylic acids is 1. The first-order valence-corrected chi connectivity index (χ1v) is 9.74. The maximum atomic E-state index is 12.4. The molecular weight excluding hydrogens is 370 g/mol. The molecule has 0 bridgehead atoms. The molecule has 0 spiro atoms. The molecular formula is C23H19NO3S. The van der Waals surface area contributed by atoms with Crippen LogP contribution in [0.3, 0.4) is 0 Å². The van der Waals surface area contributed by atoms with Crippen molar-refractivity contribution in [3.05, 3.63) is 88.6 Å². The van der Waals surface area contributed by atoms with E-state index in [0.29, 0.717) is 11.5 Å². The number of thiophene rings is 1. The highest BCUT2D eigenvalue weighted by molar-refractivity contribution is 7.12. The third-order valence-electron chi connectivity index (χ3n) is 4.35. The molecule has 5 heteroatoms. The summed E-state index contributed by atoms with van der Waals surface area (Å²) in [7, 11) is 1.61. The fourth-order valence-corrected chi connectivity index (χ4v) is 3.65. The SMILES string of the molecule is COc1ccc(NC(=O)c2cc(COc3ccc4ccccc4c3)cs2)cc1. The van der Waals surface area contributed by atoms with Gasteiger partial charge in [0.15, 0.2) is 0 Å². The van der Waals surface area contributed by atoms with Gasteiger partial charge in [-0.1, -0.05) is 30.3 Å². The zero-order valence-corrected chi connectivity index (χ0v) is 16.2. The largest absolute Gasteiger partial charge is 0.497 e. The number of carbonyl (C=O) groups is 1. The van der Waals surface area contributed by atoms with Crippen molar-refractivity contribution in [2.75, 3.05) is 12.4 Å². The number of anilines is 1. The zero-order chi connectivity index (χ0) is 19.3. The Balaban J connectivity index is 1.38. The Bertz CT molecular complexity index is 1100. The summed E-state index contributed by atoms with van der Waals surface area (Å²) >= 11 is 1.41. The third kappa shape index (κ3) is 4.15. The molecule has 0 saturated heterocycles. The van der Waals surface area contributed by atoms with Crippen molar-refractivity contribution >= 4 is 33.7 Å². The minimum absolute atomic E-state index is 0.132. The highest BCUT2D eigenvalue weighted by Crippen LogP contribution is 2.23. The van der Waals surface area contributed by atoms with Crippen LogP contribution in [0.5, 0.6) is 11.5 Å². The van der Waals surface area contributed by atoms with E-state index in [0.717, 1.165) is 28.1 Å². The molecule has 1 amide bonds. The minimum atomic E-state index is -0.132. The van der Waals surface area contributed by atoms with Crippen LogP contribution in [0, 0.1) is 0 Å². The Hall–Kier alpha value is -3.31. The van der Waals surface area contributed by atoms with Crippen LogP contribution in [0.25, 0.3) is 10.8 Å². The monoisotopic (exact) mass is 389 g/mol. The number of fused-ring (bicyclic) bond motifs is 1. The average Bonchev–Trinajstić information content (AvgIpc) is 3.22. The van der Waals surface area contributed by atoms with Gasteiger partial charge < -0.3 is 14.8 Å². The summed E-state index contributed by atoms with van der Waals surface area (Å²) in [6.45, 7) is 0.421. The molecule has 0 fully saturated rings. The number of hydrogen-bond acceptors (Lipinski definition) is 4. The number of nitrogens with one attached hydrogen (secondary N) is 1. The van der Waals surface area contributed by atoms with Crippen molar-refractivity contribution in [1.82, 2.24) is 0 Å². The van der Waals surface area contributed by atoms with E-state index in [-0.39, 0.29) is 5.91 Å². The highest BCUT2D eigenvalue weighted by atomic mass is 32.1. The molecule has 1 aromatic heterocycles. The van der Waals surface area contributed by atoms with Crippen molar-refractivity contribution in [2.45, 2.75) is 6.61 Å². The van der Waals surface area contributed by atoms with E-state index >= 15 is 0 Å². The van der Waals surface area contributed by atoms with E-state index < -0.39 is 0 Å². The van der Waals surface area contributed by atoms with E-state index in [9.17, 15) is 4.79 Å². The number of hydrogen-bond donors (Lipinski definition) is 1. The van der Waals surface area contributed by atoms with Gasteiger partial charge in [-0.3, -0.25) is 4.79 Å². The molecule has 1 N–H and O–H groups in total. The molecule has 0 atom stereocenters. The lowest BCUT2D eigenvalue weighted by Crippen LogP contribution is -2.10. The van der Waals surface area contributed by atoms with Crippen molar-refractivity contribution in [3.63, 3.8) is 0 Å². The Morgan fingerprint density at radius 3 is 2.46 bits per heavy atom. The maximum absolute atomic E-state index is 12.4. The Kier molecular flexibility index (Phi) is 5.26. The van der Waals surface area contributed by atoms with Crippen LogP contribution in [-0.4, -0.2) is 13.0 Å². The number of rotatable bonds is 6. The second-order valence-electron chi connectivity index (χ2n) is 6.30. The van der Waals surface area contributed by atoms with Crippen LogP contribution >= 0.6 is 11.3 Å². The summed E-state index contributed by atoms with van der Waals surface area (Å²) in [5.41, 5.74) is 1.70. The summed E-state index contributed by atoms with van der Waals surface area (Å²) in [6, 6.07) is 23.3. The zero-order valence-electron chi connectivity index (χ0n) is 15.3. The van der Waals surface area contributed by atoms with Crippen molar-refractivity contribution in [2.24, 2.45) is 0 Å². The van der Waals surface area contributed by atoms with Gasteiger partial charge in [-0.2, -0.15) is 0 Å². The Morgan fingerprint density at radius 1 is 0.929 bits per heavy atom. The van der Waals surface area contributed by atoms with Gasteiger partial charge in [0.1, 0.15) is 18.1 Å². The van der Waals surface area contributed by atoms with Crippen LogP contribution < -0.4 is 14.8 Å². The van der Waals surface area contributed by atoms with E-state index in [4.69, 9.17) is 9.47 Å². The predicted molar refractivity (Wildman–Crippen MR) is 114 cm³/mol. The smallest absolute Gasteiger partial charge is 0.265 e. The summed E-state index contributed by atoms with van der Waals surface area (Å²) in [6.07, 6.45) is 0. The normalized spacial score (nSPS) is 10.6. The van der Waals surface area contributed by atoms with Gasteiger partial charge >= 0.3 is 0 Å². The van der Waals surface area contributed by atoms with Crippen LogP contribution in [0.15, 0.2) is 78.2 Å². The maximum Gasteiger partial charge on any atom is 0.265 e. The fraction of sp³-hybridized carbons (Fsp3) is 0.0870. The van der Waals surface area contributed by atoms with Crippen molar-refractivity contribution < 1.29 is 14.3 Å². The van der Waals surface area contributed by atoms with Crippen LogP contribution in [0.2, 0.25) is 0 Å². The number of methoxy groups -OCH3 is 1. The molecule has 0 unspecified atom stereocenters. The molecule has 0 aliphatic heterocycles. The lowest BCUT2D eigenvalue weighted by atomic mass is 10.1. The van der Waals surface area contributed by atoms with E-state index in [1.807, 2.05) is 66.0 Å². The standard InChI is InChI=1S/C23H19NO3S/c1-26-20-10-7-19(8-11-20)24-23(25)22-12-16(15-28-22)14-27-21-9-6-17-4-2-3-5-18(17)13-21/h2-13,15H,14H2,1H3,(H,24,25). The van der Waals surface area contributed by atoms with Crippen molar-refractivity contribution in [1.29, 1.82) is 0 Å². The molecule has 28 heavy (non-hydrogen) atoms. The molecule has 4 nitrogen and oxygen atoms in total. The summed E-state index contributed by atoms with van der Waals surface area (Å²) < 4.78 is 11.0. The summed E-state index contributed by atoms with van der Waals surface area (Å²) in [5, 5.41) is 7.17. The highest BCUT2D eigenvalue weighted by Gasteiger charge is 2.10. The van der Waals surface area contributed by atoms with Gasteiger partial charge in [-0.15, -0.1) is 11.3 Å². The molecule has 1 heterocycles. The average molecular weight is 389 g/mol. The number of benzene rings is 3. The molecule has 0 aliphatic carbocycles. The van der Waals surface area contributed by atoms with Gasteiger partial charge in [0.05, 0.1) is 12.0 Å². The lowest BCUT2D eigenvalue weighted by molar-refractivity contribution is 0.103. The topological polar surface area (TPSA) is 47.6 Å². The second-order valence-corrected chi connectivity index (χ2v) is 7.21. The molecule has 0 saturated carbocycles. The van der Waals surface area contributed by atoms with Gasteiger partial charge in [-0.05, 0) is 58.6 Å². The lowest BCUT2D eigenvalue weighted by Gasteiger charge is -2.06. The molecule has 4 rings (SSSR count).